The Hall–Kier alpha value is -1.11. The molecule has 0 radical (unpaired) electrons. The average molecular weight is 143 g/mol. The van der Waals surface area contributed by atoms with Crippen molar-refractivity contribution >= 4 is 6.21 Å². The fourth-order valence-corrected chi connectivity index (χ4v) is 2.19. The van der Waals surface area contributed by atoms with Gasteiger partial charge < -0.3 is 0 Å². The minimum atomic E-state index is 0.303. The van der Waals surface area contributed by atoms with Crippen molar-refractivity contribution in [2.24, 2.45) is 16.3 Å². The standard InChI is InChI=1S/C10H9N/c1-2-10-3-4-11-7-9(10)5-8(1)6-10/h1-5,7,9H,6H2. The number of rotatable bonds is 0. The lowest BCUT2D eigenvalue weighted by molar-refractivity contribution is 0.478. The number of aliphatic imine (C=N–C) groups is 1. The quantitative estimate of drug-likeness (QED) is 0.492. The van der Waals surface area contributed by atoms with Gasteiger partial charge in [0.05, 0.1) is 0 Å². The molecule has 2 atom stereocenters. The zero-order valence-electron chi connectivity index (χ0n) is 6.20. The molecular weight excluding hydrogens is 134 g/mol. The lowest BCUT2D eigenvalue weighted by Crippen LogP contribution is -2.23. The van der Waals surface area contributed by atoms with E-state index < -0.39 is 0 Å². The molecule has 0 amide bonds. The van der Waals surface area contributed by atoms with Crippen molar-refractivity contribution in [1.29, 1.82) is 0 Å². The van der Waals surface area contributed by atoms with Crippen LogP contribution in [0.15, 0.2) is 41.1 Å². The first-order chi connectivity index (χ1) is 5.39. The highest BCUT2D eigenvalue weighted by Crippen LogP contribution is 2.50. The van der Waals surface area contributed by atoms with Gasteiger partial charge in [-0.3, -0.25) is 4.99 Å². The van der Waals surface area contributed by atoms with Gasteiger partial charge in [-0.2, -0.15) is 0 Å². The van der Waals surface area contributed by atoms with E-state index in [1.165, 1.54) is 12.0 Å². The van der Waals surface area contributed by atoms with Gasteiger partial charge in [0, 0.05) is 23.7 Å². The van der Waals surface area contributed by atoms with E-state index in [9.17, 15) is 0 Å². The van der Waals surface area contributed by atoms with Crippen LogP contribution in [0.25, 0.3) is 0 Å². The van der Waals surface area contributed by atoms with Gasteiger partial charge in [-0.1, -0.05) is 29.9 Å². The minimum absolute atomic E-state index is 0.303. The molecular formula is C10H9N. The van der Waals surface area contributed by atoms with Gasteiger partial charge in [0.25, 0.3) is 0 Å². The third kappa shape index (κ3) is 0.543. The van der Waals surface area contributed by atoms with Crippen LogP contribution < -0.4 is 0 Å². The normalized spacial score (nSPS) is 42.9. The summed E-state index contributed by atoms with van der Waals surface area (Å²) in [6.45, 7) is 0. The van der Waals surface area contributed by atoms with Gasteiger partial charge in [-0.05, 0) is 6.42 Å². The van der Waals surface area contributed by atoms with Gasteiger partial charge in [-0.15, -0.1) is 0 Å². The molecule has 54 valence electrons. The maximum absolute atomic E-state index is 4.15. The predicted molar refractivity (Wildman–Crippen MR) is 45.4 cm³/mol. The lowest BCUT2D eigenvalue weighted by atomic mass is 9.78. The van der Waals surface area contributed by atoms with Gasteiger partial charge in [-0.25, -0.2) is 0 Å². The second-order valence-electron chi connectivity index (χ2n) is 3.50. The molecule has 2 bridgehead atoms. The molecule has 0 aromatic heterocycles. The number of hydrogen-bond donors (Lipinski definition) is 0. The van der Waals surface area contributed by atoms with E-state index in [2.05, 4.69) is 35.5 Å². The molecule has 0 saturated carbocycles. The number of nitrogens with zero attached hydrogens (tertiary/aromatic N) is 1. The monoisotopic (exact) mass is 143 g/mol. The minimum Gasteiger partial charge on any atom is -0.269 e. The SMILES string of the molecule is C1=CC23C=CC(=CC2C=N1)C3. The zero-order chi connectivity index (χ0) is 7.31. The summed E-state index contributed by atoms with van der Waals surface area (Å²) in [7, 11) is 0. The van der Waals surface area contributed by atoms with Crippen molar-refractivity contribution in [3.8, 4) is 0 Å². The average Bonchev–Trinajstić information content (AvgIpc) is 2.57. The molecule has 0 N–H and O–H groups in total. The van der Waals surface area contributed by atoms with Crippen molar-refractivity contribution in [3.05, 3.63) is 36.1 Å². The van der Waals surface area contributed by atoms with Crippen molar-refractivity contribution in [2.75, 3.05) is 0 Å². The Bertz CT molecular complexity index is 320. The Morgan fingerprint density at radius 2 is 2.45 bits per heavy atom. The largest absolute Gasteiger partial charge is 0.269 e. The number of hydrogen-bond acceptors (Lipinski definition) is 1. The molecule has 1 heteroatoms. The molecule has 2 unspecified atom stereocenters. The van der Waals surface area contributed by atoms with Crippen molar-refractivity contribution < 1.29 is 0 Å². The number of allylic oxidation sites excluding steroid dienone is 5. The molecule has 11 heavy (non-hydrogen) atoms. The predicted octanol–water partition coefficient (Wildman–Crippen LogP) is 2.09. The highest BCUT2D eigenvalue weighted by atomic mass is 14.7. The molecule has 1 spiro atoms. The first kappa shape index (κ1) is 5.53. The van der Waals surface area contributed by atoms with Crippen molar-refractivity contribution in [1.82, 2.24) is 0 Å². The van der Waals surface area contributed by atoms with E-state index in [4.69, 9.17) is 0 Å². The van der Waals surface area contributed by atoms with Crippen LogP contribution in [0.3, 0.4) is 0 Å². The van der Waals surface area contributed by atoms with Crippen LogP contribution in [0.5, 0.6) is 0 Å². The van der Waals surface area contributed by atoms with E-state index in [-0.39, 0.29) is 0 Å². The summed E-state index contributed by atoms with van der Waals surface area (Å²) in [5.41, 5.74) is 1.78. The highest BCUT2D eigenvalue weighted by molar-refractivity contribution is 5.72. The van der Waals surface area contributed by atoms with Gasteiger partial charge in [0.1, 0.15) is 0 Å². The van der Waals surface area contributed by atoms with Crippen LogP contribution in [0.2, 0.25) is 0 Å². The molecule has 1 nitrogen and oxygen atoms in total. The summed E-state index contributed by atoms with van der Waals surface area (Å²) < 4.78 is 0. The van der Waals surface area contributed by atoms with E-state index in [1.54, 1.807) is 0 Å². The fraction of sp³-hybridized carbons (Fsp3) is 0.300. The van der Waals surface area contributed by atoms with E-state index in [0.29, 0.717) is 11.3 Å². The van der Waals surface area contributed by atoms with Gasteiger partial charge in [0.15, 0.2) is 0 Å². The molecule has 1 aliphatic heterocycles. The van der Waals surface area contributed by atoms with Crippen LogP contribution in [0, 0.1) is 11.3 Å². The molecule has 2 aliphatic carbocycles. The molecule has 0 aromatic rings. The summed E-state index contributed by atoms with van der Waals surface area (Å²) >= 11 is 0. The summed E-state index contributed by atoms with van der Waals surface area (Å²) in [4.78, 5) is 4.15. The zero-order valence-corrected chi connectivity index (χ0v) is 6.20. The van der Waals surface area contributed by atoms with E-state index in [0.717, 1.165) is 0 Å². The second kappa shape index (κ2) is 1.55. The molecule has 0 aromatic carbocycles. The first-order valence-electron chi connectivity index (χ1n) is 4.00. The molecule has 0 saturated heterocycles. The van der Waals surface area contributed by atoms with Crippen LogP contribution in [-0.2, 0) is 0 Å². The van der Waals surface area contributed by atoms with E-state index >= 15 is 0 Å². The third-order valence-corrected chi connectivity index (χ3v) is 2.85. The smallest absolute Gasteiger partial charge is 0.0258 e. The van der Waals surface area contributed by atoms with Gasteiger partial charge in [0.2, 0.25) is 0 Å². The molecule has 1 heterocycles. The van der Waals surface area contributed by atoms with E-state index in [1.807, 2.05) is 6.20 Å². The van der Waals surface area contributed by atoms with Crippen molar-refractivity contribution in [2.45, 2.75) is 6.42 Å². The summed E-state index contributed by atoms with van der Waals surface area (Å²) in [5.74, 6) is 0.549. The highest BCUT2D eigenvalue weighted by Gasteiger charge is 2.41. The van der Waals surface area contributed by atoms with Crippen LogP contribution in [0.1, 0.15) is 6.42 Å². The maximum Gasteiger partial charge on any atom is 0.0258 e. The van der Waals surface area contributed by atoms with Crippen LogP contribution in [0.4, 0.5) is 0 Å². The maximum atomic E-state index is 4.15. The summed E-state index contributed by atoms with van der Waals surface area (Å²) in [6, 6.07) is 0. The lowest BCUT2D eigenvalue weighted by Gasteiger charge is -2.26. The van der Waals surface area contributed by atoms with Crippen LogP contribution >= 0.6 is 0 Å². The number of fused-ring (bicyclic) bond motifs is 1. The fourth-order valence-electron chi connectivity index (χ4n) is 2.19. The third-order valence-electron chi connectivity index (χ3n) is 2.85. The Labute approximate surface area is 65.8 Å². The topological polar surface area (TPSA) is 12.4 Å². The van der Waals surface area contributed by atoms with Gasteiger partial charge >= 0.3 is 0 Å². The molecule has 3 aliphatic rings. The second-order valence-corrected chi connectivity index (χ2v) is 3.50. The summed E-state index contributed by atoms with van der Waals surface area (Å²) in [5, 5.41) is 0. The molecule has 0 fully saturated rings. The first-order valence-corrected chi connectivity index (χ1v) is 4.00. The Morgan fingerprint density at radius 1 is 1.45 bits per heavy atom. The molecule has 3 rings (SSSR count). The summed E-state index contributed by atoms with van der Waals surface area (Å²) in [6.07, 6.45) is 14.3. The Morgan fingerprint density at radius 3 is 3.27 bits per heavy atom. The van der Waals surface area contributed by atoms with Crippen LogP contribution in [-0.4, -0.2) is 6.21 Å². The van der Waals surface area contributed by atoms with Crippen molar-refractivity contribution in [3.63, 3.8) is 0 Å². The Kier molecular flexibility index (Phi) is 0.780. The Balaban J connectivity index is 2.19.